The van der Waals surface area contributed by atoms with Gasteiger partial charge in [-0.1, -0.05) is 86.5 Å². The Kier molecular flexibility index (Phi) is 6.03. The number of benzene rings is 2. The van der Waals surface area contributed by atoms with Crippen LogP contribution in [0.15, 0.2) is 122 Å². The SMILES string of the molecule is C=C/C=C(\C)N(C(=C)C=C)c1cc(-c2ccccc2)cc(-c2ccccc2)n1. The maximum Gasteiger partial charge on any atom is 0.138 e. The zero-order chi connectivity index (χ0) is 19.9. The van der Waals surface area contributed by atoms with E-state index in [9.17, 15) is 0 Å². The second-order valence-corrected chi connectivity index (χ2v) is 6.41. The Hall–Kier alpha value is -3.65. The average molecular weight is 364 g/mol. The van der Waals surface area contributed by atoms with Gasteiger partial charge in [0, 0.05) is 17.0 Å². The average Bonchev–Trinajstić information content (AvgIpc) is 2.75. The van der Waals surface area contributed by atoms with Crippen LogP contribution in [0.25, 0.3) is 22.4 Å². The van der Waals surface area contributed by atoms with Crippen LogP contribution in [0.1, 0.15) is 6.92 Å². The van der Waals surface area contributed by atoms with E-state index >= 15 is 0 Å². The van der Waals surface area contributed by atoms with Crippen molar-refractivity contribution in [2.75, 3.05) is 4.90 Å². The lowest BCUT2D eigenvalue weighted by molar-refractivity contribution is 1.06. The second kappa shape index (κ2) is 8.83. The molecule has 0 aliphatic rings. The molecule has 0 amide bonds. The van der Waals surface area contributed by atoms with Gasteiger partial charge >= 0.3 is 0 Å². The van der Waals surface area contributed by atoms with Crippen molar-refractivity contribution in [2.45, 2.75) is 6.92 Å². The molecule has 1 heterocycles. The van der Waals surface area contributed by atoms with Crippen LogP contribution in [0.3, 0.4) is 0 Å². The van der Waals surface area contributed by atoms with E-state index in [0.717, 1.165) is 39.6 Å². The van der Waals surface area contributed by atoms with Crippen LogP contribution in [0.5, 0.6) is 0 Å². The first-order chi connectivity index (χ1) is 13.6. The molecule has 0 fully saturated rings. The normalized spacial score (nSPS) is 11.0. The largest absolute Gasteiger partial charge is 0.300 e. The molecular formula is C26H24N2. The molecule has 28 heavy (non-hydrogen) atoms. The van der Waals surface area contributed by atoms with E-state index in [1.807, 2.05) is 54.3 Å². The topological polar surface area (TPSA) is 16.1 Å². The highest BCUT2D eigenvalue weighted by Gasteiger charge is 2.15. The maximum atomic E-state index is 4.94. The van der Waals surface area contributed by atoms with E-state index in [-0.39, 0.29) is 0 Å². The summed E-state index contributed by atoms with van der Waals surface area (Å²) in [6.07, 6.45) is 5.44. The van der Waals surface area contributed by atoms with Crippen molar-refractivity contribution in [3.8, 4) is 22.4 Å². The fourth-order valence-corrected chi connectivity index (χ4v) is 3.08. The van der Waals surface area contributed by atoms with E-state index in [1.54, 1.807) is 12.2 Å². The molecular weight excluding hydrogens is 340 g/mol. The summed E-state index contributed by atoms with van der Waals surface area (Å²) in [5.41, 5.74) is 5.93. The van der Waals surface area contributed by atoms with Crippen LogP contribution in [0, 0.1) is 0 Å². The Morgan fingerprint density at radius 2 is 1.46 bits per heavy atom. The molecule has 2 nitrogen and oxygen atoms in total. The van der Waals surface area contributed by atoms with E-state index in [2.05, 4.69) is 56.1 Å². The zero-order valence-corrected chi connectivity index (χ0v) is 16.2. The van der Waals surface area contributed by atoms with Gasteiger partial charge in [0.15, 0.2) is 0 Å². The van der Waals surface area contributed by atoms with Crippen molar-refractivity contribution in [2.24, 2.45) is 0 Å². The summed E-state index contributed by atoms with van der Waals surface area (Å²) in [5.74, 6) is 0.792. The van der Waals surface area contributed by atoms with E-state index in [4.69, 9.17) is 4.98 Å². The molecule has 3 rings (SSSR count). The molecule has 0 saturated heterocycles. The fraction of sp³-hybridized carbons (Fsp3) is 0.0385. The second-order valence-electron chi connectivity index (χ2n) is 6.41. The van der Waals surface area contributed by atoms with Crippen molar-refractivity contribution in [3.63, 3.8) is 0 Å². The van der Waals surface area contributed by atoms with Gasteiger partial charge in [-0.25, -0.2) is 4.98 Å². The van der Waals surface area contributed by atoms with Crippen LogP contribution in [0.2, 0.25) is 0 Å². The van der Waals surface area contributed by atoms with Gasteiger partial charge in [0.25, 0.3) is 0 Å². The predicted molar refractivity (Wildman–Crippen MR) is 121 cm³/mol. The van der Waals surface area contributed by atoms with Crippen LogP contribution >= 0.6 is 0 Å². The van der Waals surface area contributed by atoms with Gasteiger partial charge in [0.2, 0.25) is 0 Å². The molecule has 0 radical (unpaired) electrons. The molecule has 0 aliphatic heterocycles. The molecule has 0 spiro atoms. The summed E-state index contributed by atoms with van der Waals surface area (Å²) in [5, 5.41) is 0. The van der Waals surface area contributed by atoms with Crippen LogP contribution in [0.4, 0.5) is 5.82 Å². The Bertz CT molecular complexity index is 957. The van der Waals surface area contributed by atoms with Gasteiger partial charge in [-0.3, -0.25) is 4.90 Å². The number of nitrogens with zero attached hydrogens (tertiary/aromatic N) is 2. The molecule has 3 aromatic rings. The number of pyridine rings is 1. The van der Waals surface area contributed by atoms with E-state index in [0.29, 0.717) is 0 Å². The van der Waals surface area contributed by atoms with E-state index < -0.39 is 0 Å². The number of allylic oxidation sites excluding steroid dienone is 4. The van der Waals surface area contributed by atoms with Crippen molar-refractivity contribution in [1.82, 2.24) is 4.98 Å². The summed E-state index contributed by atoms with van der Waals surface area (Å²) >= 11 is 0. The molecule has 0 unspecified atom stereocenters. The van der Waals surface area contributed by atoms with Gasteiger partial charge in [-0.05, 0) is 42.3 Å². The van der Waals surface area contributed by atoms with Crippen molar-refractivity contribution in [1.29, 1.82) is 0 Å². The quantitative estimate of drug-likeness (QED) is 0.419. The summed E-state index contributed by atoms with van der Waals surface area (Å²) in [4.78, 5) is 6.94. The molecule has 0 N–H and O–H groups in total. The summed E-state index contributed by atoms with van der Waals surface area (Å²) in [6, 6.07) is 24.7. The van der Waals surface area contributed by atoms with Gasteiger partial charge in [-0.2, -0.15) is 0 Å². The highest BCUT2D eigenvalue weighted by molar-refractivity contribution is 5.75. The standard InChI is InChI=1S/C26H24N2/c1-5-13-21(4)28(20(3)6-2)26-19-24(22-14-9-7-10-15-22)18-25(27-26)23-16-11-8-12-17-23/h5-19H,1-3H2,4H3/b21-13+. The maximum absolute atomic E-state index is 4.94. The van der Waals surface area contributed by atoms with Crippen LogP contribution < -0.4 is 4.90 Å². The first kappa shape index (κ1) is 19.1. The van der Waals surface area contributed by atoms with Gasteiger partial charge in [0.1, 0.15) is 5.82 Å². The van der Waals surface area contributed by atoms with Crippen LogP contribution in [-0.4, -0.2) is 4.98 Å². The summed E-state index contributed by atoms with van der Waals surface area (Å²) in [7, 11) is 0. The number of hydrogen-bond donors (Lipinski definition) is 0. The molecule has 0 aliphatic carbocycles. The van der Waals surface area contributed by atoms with Gasteiger partial charge in [0.05, 0.1) is 5.69 Å². The number of anilines is 1. The Morgan fingerprint density at radius 3 is 2.04 bits per heavy atom. The number of rotatable bonds is 7. The van der Waals surface area contributed by atoms with Crippen molar-refractivity contribution >= 4 is 5.82 Å². The minimum atomic E-state index is 0.757. The molecule has 0 bridgehead atoms. The third kappa shape index (κ3) is 4.18. The van der Waals surface area contributed by atoms with Crippen molar-refractivity contribution < 1.29 is 0 Å². The lowest BCUT2D eigenvalue weighted by Crippen LogP contribution is -2.20. The monoisotopic (exact) mass is 364 g/mol. The Labute approximate surface area is 167 Å². The zero-order valence-electron chi connectivity index (χ0n) is 16.2. The predicted octanol–water partition coefficient (Wildman–Crippen LogP) is 7.01. The van der Waals surface area contributed by atoms with Gasteiger partial charge < -0.3 is 0 Å². The lowest BCUT2D eigenvalue weighted by Gasteiger charge is -2.26. The Balaban J connectivity index is 2.24. The first-order valence-electron chi connectivity index (χ1n) is 9.17. The third-order valence-corrected chi connectivity index (χ3v) is 4.45. The highest BCUT2D eigenvalue weighted by Crippen LogP contribution is 2.32. The van der Waals surface area contributed by atoms with Crippen molar-refractivity contribution in [3.05, 3.63) is 122 Å². The summed E-state index contributed by atoms with van der Waals surface area (Å²) in [6.45, 7) is 13.9. The van der Waals surface area contributed by atoms with Gasteiger partial charge in [-0.15, -0.1) is 0 Å². The lowest BCUT2D eigenvalue weighted by atomic mass is 10.0. The molecule has 138 valence electrons. The number of aromatic nitrogens is 1. The minimum absolute atomic E-state index is 0.757. The molecule has 0 saturated carbocycles. The fourth-order valence-electron chi connectivity index (χ4n) is 3.08. The van der Waals surface area contributed by atoms with Crippen LogP contribution in [-0.2, 0) is 0 Å². The molecule has 1 aromatic heterocycles. The Morgan fingerprint density at radius 1 is 0.857 bits per heavy atom. The summed E-state index contributed by atoms with van der Waals surface area (Å²) < 4.78 is 0. The van der Waals surface area contributed by atoms with E-state index in [1.165, 1.54) is 0 Å². The molecule has 2 aromatic carbocycles. The molecule has 0 atom stereocenters. The smallest absolute Gasteiger partial charge is 0.138 e. The number of hydrogen-bond acceptors (Lipinski definition) is 2. The molecule has 2 heteroatoms. The highest BCUT2D eigenvalue weighted by atomic mass is 15.2. The third-order valence-electron chi connectivity index (χ3n) is 4.45. The minimum Gasteiger partial charge on any atom is -0.300 e. The first-order valence-corrected chi connectivity index (χ1v) is 9.17.